The fourth-order valence-corrected chi connectivity index (χ4v) is 1.64. The second-order valence-corrected chi connectivity index (χ2v) is 3.79. The van der Waals surface area contributed by atoms with Crippen LogP contribution in [0.5, 0.6) is 5.75 Å². The van der Waals surface area contributed by atoms with Gasteiger partial charge in [0.15, 0.2) is 0 Å². The summed E-state index contributed by atoms with van der Waals surface area (Å²) in [6.07, 6.45) is 7.43. The molecule has 0 unspecified atom stereocenters. The van der Waals surface area contributed by atoms with Crippen LogP contribution >= 0.6 is 0 Å². The Morgan fingerprint density at radius 2 is 1.67 bits per heavy atom. The highest BCUT2D eigenvalue weighted by atomic mass is 16.3. The van der Waals surface area contributed by atoms with Crippen molar-refractivity contribution >= 4 is 0 Å². The van der Waals surface area contributed by atoms with Gasteiger partial charge in [-0.15, -0.1) is 0 Å². The van der Waals surface area contributed by atoms with Crippen molar-refractivity contribution in [1.29, 1.82) is 0 Å². The van der Waals surface area contributed by atoms with Crippen LogP contribution in [0.15, 0.2) is 24.3 Å². The Hall–Kier alpha value is -1.02. The first-order valence-electron chi connectivity index (χ1n) is 5.61. The number of hydrogen-bond acceptors (Lipinski definition) is 1. The summed E-state index contributed by atoms with van der Waals surface area (Å²) in [5.74, 6) is 0.447. The summed E-state index contributed by atoms with van der Waals surface area (Å²) < 4.78 is 0. The third-order valence-corrected chi connectivity index (χ3v) is 2.54. The van der Waals surface area contributed by atoms with Gasteiger partial charge in [-0.3, -0.25) is 0 Å². The average Bonchev–Trinajstić information content (AvgIpc) is 2.20. The van der Waals surface area contributed by atoms with Crippen molar-refractivity contribution in [3.63, 3.8) is 0 Å². The number of phenols is 1. The molecule has 0 atom stereocenters. The molecule has 1 aromatic rings. The molecule has 0 aliphatic carbocycles. The minimum atomic E-state index is 0. The molecule has 0 aliphatic rings. The van der Waals surface area contributed by atoms with Crippen molar-refractivity contribution < 1.29 is 10.6 Å². The van der Waals surface area contributed by atoms with E-state index in [2.05, 4.69) is 6.92 Å². The highest BCUT2D eigenvalue weighted by Crippen LogP contribution is 2.18. The van der Waals surface area contributed by atoms with Crippen LogP contribution in [-0.2, 0) is 6.42 Å². The van der Waals surface area contributed by atoms with E-state index in [0.717, 1.165) is 12.0 Å². The van der Waals surface area contributed by atoms with E-state index < -0.39 is 0 Å². The predicted molar refractivity (Wildman–Crippen MR) is 64.2 cm³/mol. The molecule has 86 valence electrons. The molecule has 0 bridgehead atoms. The number of benzene rings is 1. The lowest BCUT2D eigenvalue weighted by Gasteiger charge is -2.03. The van der Waals surface area contributed by atoms with Gasteiger partial charge in [0, 0.05) is 0 Å². The summed E-state index contributed by atoms with van der Waals surface area (Å²) in [4.78, 5) is 0. The lowest BCUT2D eigenvalue weighted by atomic mass is 10.0. The summed E-state index contributed by atoms with van der Waals surface area (Å²) in [6.45, 7) is 2.23. The van der Waals surface area contributed by atoms with Crippen LogP contribution in [0.2, 0.25) is 0 Å². The predicted octanol–water partition coefficient (Wildman–Crippen LogP) is 3.08. The van der Waals surface area contributed by atoms with Crippen LogP contribution in [-0.4, -0.2) is 10.6 Å². The Kier molecular flexibility index (Phi) is 7.74. The second kappa shape index (κ2) is 8.30. The molecular weight excluding hydrogens is 188 g/mol. The highest BCUT2D eigenvalue weighted by molar-refractivity contribution is 5.31. The molecule has 0 saturated carbocycles. The molecule has 1 rings (SSSR count). The van der Waals surface area contributed by atoms with Crippen molar-refractivity contribution in [2.24, 2.45) is 0 Å². The standard InChI is InChI=1S/C13H20O.H2O/c1-2-3-4-5-6-9-12-10-7-8-11-13(12)14;/h7-8,10-11,14H,2-6,9H2,1H3;1H2. The molecule has 0 aromatic heterocycles. The summed E-state index contributed by atoms with van der Waals surface area (Å²) in [5, 5.41) is 9.51. The Balaban J connectivity index is 0.00000196. The second-order valence-electron chi connectivity index (χ2n) is 3.79. The van der Waals surface area contributed by atoms with E-state index in [1.165, 1.54) is 32.1 Å². The zero-order valence-electron chi connectivity index (χ0n) is 9.50. The molecule has 0 fully saturated rings. The molecule has 0 radical (unpaired) electrons. The van der Waals surface area contributed by atoms with E-state index in [1.54, 1.807) is 6.07 Å². The largest absolute Gasteiger partial charge is 0.508 e. The van der Waals surface area contributed by atoms with Crippen LogP contribution in [0.4, 0.5) is 0 Å². The highest BCUT2D eigenvalue weighted by Gasteiger charge is 1.98. The van der Waals surface area contributed by atoms with Gasteiger partial charge in [0.2, 0.25) is 0 Å². The van der Waals surface area contributed by atoms with Gasteiger partial charge >= 0.3 is 0 Å². The fraction of sp³-hybridized carbons (Fsp3) is 0.538. The van der Waals surface area contributed by atoms with Crippen molar-refractivity contribution in [3.05, 3.63) is 29.8 Å². The van der Waals surface area contributed by atoms with Crippen molar-refractivity contribution in [1.82, 2.24) is 0 Å². The maximum atomic E-state index is 9.51. The molecule has 1 aromatic carbocycles. The fourth-order valence-electron chi connectivity index (χ4n) is 1.64. The van der Waals surface area contributed by atoms with Crippen LogP contribution < -0.4 is 0 Å². The molecule has 0 heterocycles. The molecule has 0 aliphatic heterocycles. The van der Waals surface area contributed by atoms with Gasteiger partial charge in [0.1, 0.15) is 5.75 Å². The molecular formula is C13H22O2. The van der Waals surface area contributed by atoms with Gasteiger partial charge in [-0.25, -0.2) is 0 Å². The van der Waals surface area contributed by atoms with E-state index in [9.17, 15) is 5.11 Å². The van der Waals surface area contributed by atoms with Crippen molar-refractivity contribution in [2.75, 3.05) is 0 Å². The Bertz CT molecular complexity index is 258. The Morgan fingerprint density at radius 1 is 1.00 bits per heavy atom. The lowest BCUT2D eigenvalue weighted by molar-refractivity contribution is 0.466. The topological polar surface area (TPSA) is 51.7 Å². The van der Waals surface area contributed by atoms with E-state index >= 15 is 0 Å². The van der Waals surface area contributed by atoms with E-state index in [0.29, 0.717) is 5.75 Å². The summed E-state index contributed by atoms with van der Waals surface area (Å²) in [7, 11) is 0. The number of rotatable bonds is 6. The van der Waals surface area contributed by atoms with E-state index in [-0.39, 0.29) is 5.48 Å². The quantitative estimate of drug-likeness (QED) is 0.721. The number of hydrogen-bond donors (Lipinski definition) is 1. The summed E-state index contributed by atoms with van der Waals surface area (Å²) in [5.41, 5.74) is 1.09. The number of para-hydroxylation sites is 1. The molecule has 0 spiro atoms. The molecule has 2 heteroatoms. The monoisotopic (exact) mass is 210 g/mol. The number of aryl methyl sites for hydroxylation is 1. The normalized spacial score (nSPS) is 9.67. The van der Waals surface area contributed by atoms with Gasteiger partial charge in [-0.05, 0) is 24.5 Å². The minimum Gasteiger partial charge on any atom is -0.508 e. The van der Waals surface area contributed by atoms with Crippen LogP contribution in [0, 0.1) is 0 Å². The van der Waals surface area contributed by atoms with Crippen LogP contribution in [0.25, 0.3) is 0 Å². The Labute approximate surface area is 92.3 Å². The zero-order valence-corrected chi connectivity index (χ0v) is 9.50. The average molecular weight is 210 g/mol. The van der Waals surface area contributed by atoms with E-state index in [4.69, 9.17) is 0 Å². The van der Waals surface area contributed by atoms with Crippen molar-refractivity contribution in [2.45, 2.75) is 45.4 Å². The lowest BCUT2D eigenvalue weighted by Crippen LogP contribution is -1.86. The zero-order chi connectivity index (χ0) is 10.2. The van der Waals surface area contributed by atoms with Gasteiger partial charge in [0.25, 0.3) is 0 Å². The van der Waals surface area contributed by atoms with Gasteiger partial charge in [-0.1, -0.05) is 50.8 Å². The summed E-state index contributed by atoms with van der Waals surface area (Å²) in [6, 6.07) is 7.63. The van der Waals surface area contributed by atoms with Crippen LogP contribution in [0.1, 0.15) is 44.6 Å². The minimum absolute atomic E-state index is 0. The first-order valence-corrected chi connectivity index (χ1v) is 5.61. The van der Waals surface area contributed by atoms with Crippen molar-refractivity contribution in [3.8, 4) is 5.75 Å². The molecule has 3 N–H and O–H groups in total. The van der Waals surface area contributed by atoms with Gasteiger partial charge in [0.05, 0.1) is 0 Å². The molecule has 0 saturated heterocycles. The smallest absolute Gasteiger partial charge is 0.118 e. The summed E-state index contributed by atoms with van der Waals surface area (Å²) >= 11 is 0. The van der Waals surface area contributed by atoms with Crippen LogP contribution in [0.3, 0.4) is 0 Å². The Morgan fingerprint density at radius 3 is 2.33 bits per heavy atom. The molecule has 2 nitrogen and oxygen atoms in total. The third kappa shape index (κ3) is 5.43. The molecule has 0 amide bonds. The number of aromatic hydroxyl groups is 1. The first kappa shape index (κ1) is 14.0. The SMILES string of the molecule is CCCCCCCc1ccccc1O.O. The van der Waals surface area contributed by atoms with Gasteiger partial charge < -0.3 is 10.6 Å². The first-order chi connectivity index (χ1) is 6.84. The van der Waals surface area contributed by atoms with E-state index in [1.807, 2.05) is 18.2 Å². The van der Waals surface area contributed by atoms with Gasteiger partial charge in [-0.2, -0.15) is 0 Å². The third-order valence-electron chi connectivity index (χ3n) is 2.54. The maximum absolute atomic E-state index is 9.51. The number of phenolic OH excluding ortho intramolecular Hbond substituents is 1. The number of unbranched alkanes of at least 4 members (excludes halogenated alkanes) is 4. The molecule has 15 heavy (non-hydrogen) atoms. The maximum Gasteiger partial charge on any atom is 0.118 e.